The number of amides is 1. The van der Waals surface area contributed by atoms with Crippen LogP contribution in [0.3, 0.4) is 0 Å². The number of aliphatic hydroxyl groups is 1. The average Bonchev–Trinajstić information content (AvgIpc) is 2.10. The second kappa shape index (κ2) is 6.67. The fraction of sp³-hybridized carbons (Fsp3) is 0.714. The summed E-state index contributed by atoms with van der Waals surface area (Å²) in [4.78, 5) is 21.2. The van der Waals surface area contributed by atoms with E-state index in [4.69, 9.17) is 10.2 Å². The number of carbonyl (C=O) groups excluding carboxylic acids is 1. The number of hydrogen-bond acceptors (Lipinski definition) is 4. The minimum absolute atomic E-state index is 0.105. The summed E-state index contributed by atoms with van der Waals surface area (Å²) in [6.07, 6.45) is 0.105. The maximum absolute atomic E-state index is 10.9. The maximum atomic E-state index is 10.9. The molecule has 6 nitrogen and oxygen atoms in total. The standard InChI is InChI=1S/C7H14AsNO5/c1-5(11)9-6(7(12)13)2-3-8(14)4-10/h6,8,10H,2-4H2,1H3,(H,9,11)(H,12,13). The summed E-state index contributed by atoms with van der Waals surface area (Å²) in [5.74, 6) is -1.59. The Kier molecular flexibility index (Phi) is 6.32. The molecule has 0 aromatic rings. The monoisotopic (exact) mass is 267 g/mol. The summed E-state index contributed by atoms with van der Waals surface area (Å²) in [5, 5.41) is 19.2. The Bertz CT molecular complexity index is 242. The van der Waals surface area contributed by atoms with Crippen LogP contribution in [0.1, 0.15) is 13.3 Å². The van der Waals surface area contributed by atoms with Gasteiger partial charge in [0.2, 0.25) is 0 Å². The van der Waals surface area contributed by atoms with E-state index >= 15 is 0 Å². The van der Waals surface area contributed by atoms with Crippen LogP contribution in [0.4, 0.5) is 0 Å². The Labute approximate surface area is 85.8 Å². The van der Waals surface area contributed by atoms with Crippen LogP contribution < -0.4 is 5.32 Å². The molecule has 0 spiro atoms. The summed E-state index contributed by atoms with van der Waals surface area (Å²) in [6.45, 7) is 1.22. The Balaban J connectivity index is 4.04. The number of rotatable bonds is 6. The number of aliphatic carboxylic acids is 1. The van der Waals surface area contributed by atoms with Crippen molar-refractivity contribution >= 4 is 26.5 Å². The van der Waals surface area contributed by atoms with Gasteiger partial charge in [-0.2, -0.15) is 0 Å². The van der Waals surface area contributed by atoms with Gasteiger partial charge in [0.25, 0.3) is 0 Å². The normalized spacial score (nSPS) is 14.4. The molecule has 0 saturated heterocycles. The van der Waals surface area contributed by atoms with Crippen LogP contribution in [0.15, 0.2) is 0 Å². The molecular weight excluding hydrogens is 253 g/mol. The molecule has 3 N–H and O–H groups in total. The average molecular weight is 267 g/mol. The van der Waals surface area contributed by atoms with Gasteiger partial charge in [-0.15, -0.1) is 0 Å². The predicted molar refractivity (Wildman–Crippen MR) is 49.6 cm³/mol. The fourth-order valence-corrected chi connectivity index (χ4v) is 2.50. The Morgan fingerprint density at radius 3 is 2.43 bits per heavy atom. The summed E-state index contributed by atoms with van der Waals surface area (Å²) >= 11 is -2.68. The zero-order valence-corrected chi connectivity index (χ0v) is 9.92. The molecule has 0 bridgehead atoms. The van der Waals surface area contributed by atoms with Crippen LogP contribution in [0.25, 0.3) is 0 Å². The molecule has 0 aromatic heterocycles. The van der Waals surface area contributed by atoms with E-state index in [9.17, 15) is 13.3 Å². The Hall–Kier alpha value is -0.742. The topological polar surface area (TPSA) is 104 Å². The van der Waals surface area contributed by atoms with Gasteiger partial charge in [0, 0.05) is 0 Å². The summed E-state index contributed by atoms with van der Waals surface area (Å²) in [6, 6.07) is -1.00. The van der Waals surface area contributed by atoms with Crippen LogP contribution in [0, 0.1) is 0 Å². The van der Waals surface area contributed by atoms with Gasteiger partial charge in [-0.1, -0.05) is 0 Å². The van der Waals surface area contributed by atoms with Crippen molar-refractivity contribution in [1.82, 2.24) is 5.32 Å². The van der Waals surface area contributed by atoms with Crippen LogP contribution >= 0.6 is 0 Å². The van der Waals surface area contributed by atoms with Crippen molar-refractivity contribution in [3.8, 4) is 0 Å². The van der Waals surface area contributed by atoms with Gasteiger partial charge in [-0.05, 0) is 0 Å². The fourth-order valence-electron chi connectivity index (χ4n) is 0.887. The molecule has 0 rings (SSSR count). The van der Waals surface area contributed by atoms with E-state index in [-0.39, 0.29) is 17.0 Å². The Morgan fingerprint density at radius 1 is 1.50 bits per heavy atom. The third-order valence-electron chi connectivity index (χ3n) is 1.56. The van der Waals surface area contributed by atoms with Gasteiger partial charge < -0.3 is 0 Å². The van der Waals surface area contributed by atoms with E-state index in [1.165, 1.54) is 6.92 Å². The molecule has 14 heavy (non-hydrogen) atoms. The van der Waals surface area contributed by atoms with E-state index < -0.39 is 32.5 Å². The number of carbonyl (C=O) groups is 2. The van der Waals surface area contributed by atoms with Gasteiger partial charge in [0.1, 0.15) is 0 Å². The van der Waals surface area contributed by atoms with Crippen LogP contribution in [0.2, 0.25) is 5.21 Å². The number of hydrogen-bond donors (Lipinski definition) is 3. The minimum atomic E-state index is -2.68. The van der Waals surface area contributed by atoms with Gasteiger partial charge in [0.15, 0.2) is 0 Å². The van der Waals surface area contributed by atoms with Crippen molar-refractivity contribution in [3.05, 3.63) is 0 Å². The van der Waals surface area contributed by atoms with Crippen LogP contribution in [-0.2, 0) is 13.3 Å². The summed E-state index contributed by atoms with van der Waals surface area (Å²) < 4.78 is 10.9. The van der Waals surface area contributed by atoms with Crippen molar-refractivity contribution in [2.45, 2.75) is 24.6 Å². The second-order valence-corrected chi connectivity index (χ2v) is 6.80. The first-order chi connectivity index (χ1) is 6.47. The zero-order valence-electron chi connectivity index (χ0n) is 7.82. The molecule has 0 aliphatic heterocycles. The molecule has 7 heteroatoms. The van der Waals surface area contributed by atoms with Gasteiger partial charge in [-0.25, -0.2) is 0 Å². The molecule has 0 saturated carbocycles. The van der Waals surface area contributed by atoms with Crippen molar-refractivity contribution < 1.29 is 23.5 Å². The molecule has 0 heterocycles. The third kappa shape index (κ3) is 5.83. The summed E-state index contributed by atoms with van der Waals surface area (Å²) in [7, 11) is 0. The van der Waals surface area contributed by atoms with Crippen molar-refractivity contribution in [3.63, 3.8) is 0 Å². The molecule has 0 aromatic carbocycles. The van der Waals surface area contributed by atoms with Crippen molar-refractivity contribution in [2.24, 2.45) is 0 Å². The molecule has 1 amide bonds. The molecule has 2 atom stereocenters. The molecule has 0 fully saturated rings. The van der Waals surface area contributed by atoms with E-state index in [2.05, 4.69) is 5.32 Å². The molecule has 0 aliphatic rings. The molecule has 0 aliphatic carbocycles. The van der Waals surface area contributed by atoms with E-state index in [0.717, 1.165) is 0 Å². The molecule has 82 valence electrons. The zero-order chi connectivity index (χ0) is 11.1. The van der Waals surface area contributed by atoms with Gasteiger partial charge >= 0.3 is 85.3 Å². The molecule has 2 unspecified atom stereocenters. The van der Waals surface area contributed by atoms with Crippen molar-refractivity contribution in [1.29, 1.82) is 0 Å². The summed E-state index contributed by atoms with van der Waals surface area (Å²) in [5.41, 5.74) is 0. The number of carboxylic acid groups (broad SMARTS) is 1. The van der Waals surface area contributed by atoms with Gasteiger partial charge in [0.05, 0.1) is 0 Å². The second-order valence-electron chi connectivity index (χ2n) is 2.83. The van der Waals surface area contributed by atoms with E-state index in [1.54, 1.807) is 0 Å². The molecule has 0 radical (unpaired) electrons. The van der Waals surface area contributed by atoms with Crippen molar-refractivity contribution in [2.75, 3.05) is 5.39 Å². The molecular formula is C7H14AsNO5. The van der Waals surface area contributed by atoms with Crippen LogP contribution in [-0.4, -0.2) is 48.1 Å². The Morgan fingerprint density at radius 2 is 2.07 bits per heavy atom. The van der Waals surface area contributed by atoms with Crippen LogP contribution in [0.5, 0.6) is 0 Å². The first-order valence-corrected chi connectivity index (χ1v) is 7.92. The van der Waals surface area contributed by atoms with Gasteiger partial charge in [-0.3, -0.25) is 0 Å². The predicted octanol–water partition coefficient (Wildman–Crippen LogP) is -1.35. The van der Waals surface area contributed by atoms with E-state index in [0.29, 0.717) is 0 Å². The quantitative estimate of drug-likeness (QED) is 0.516. The SMILES string of the molecule is CC(=O)NC(CC[AsH](=O)CO)C(=O)O. The number of nitrogens with one attached hydrogen (secondary N) is 1. The number of carboxylic acids is 1. The first-order valence-electron chi connectivity index (χ1n) is 4.09. The third-order valence-corrected chi connectivity index (χ3v) is 4.08. The van der Waals surface area contributed by atoms with E-state index in [1.807, 2.05) is 0 Å². The first kappa shape index (κ1) is 13.3. The number of aliphatic hydroxyl groups excluding tert-OH is 1.